The number of carbonyl (C=O) groups is 1. The monoisotopic (exact) mass is 391 g/mol. The number of rotatable bonds is 2. The maximum atomic E-state index is 13.1. The van der Waals surface area contributed by atoms with E-state index >= 15 is 0 Å². The quantitative estimate of drug-likeness (QED) is 0.689. The van der Waals surface area contributed by atoms with E-state index in [1.807, 2.05) is 0 Å². The van der Waals surface area contributed by atoms with Crippen LogP contribution in [0.5, 0.6) is 0 Å². The lowest BCUT2D eigenvalue weighted by Gasteiger charge is -2.69. The van der Waals surface area contributed by atoms with E-state index in [0.29, 0.717) is 12.8 Å². The van der Waals surface area contributed by atoms with Gasteiger partial charge in [-0.2, -0.15) is 0 Å². The predicted octanol–water partition coefficient (Wildman–Crippen LogP) is 1.19. The van der Waals surface area contributed by atoms with Crippen LogP contribution >= 0.6 is 0 Å². The summed E-state index contributed by atoms with van der Waals surface area (Å²) in [4.78, 5) is 15.6. The fourth-order valence-corrected chi connectivity index (χ4v) is 9.64. The first-order chi connectivity index (χ1) is 13.3. The van der Waals surface area contributed by atoms with Crippen molar-refractivity contribution in [2.45, 2.75) is 75.9 Å². The summed E-state index contributed by atoms with van der Waals surface area (Å²) < 4.78 is 11.9. The second-order valence-electron chi connectivity index (χ2n) is 10.8. The molecule has 11 atom stereocenters. The average Bonchev–Trinajstić information content (AvgIpc) is 2.73. The van der Waals surface area contributed by atoms with E-state index in [0.717, 1.165) is 32.4 Å². The van der Waals surface area contributed by atoms with E-state index in [4.69, 9.17) is 9.47 Å². The van der Waals surface area contributed by atoms with Crippen LogP contribution in [0.3, 0.4) is 0 Å². The third-order valence-corrected chi connectivity index (χ3v) is 10.1. The summed E-state index contributed by atoms with van der Waals surface area (Å²) in [7, 11) is 1.79. The number of aliphatic hydroxyl groups excluding tert-OH is 1. The van der Waals surface area contributed by atoms with Gasteiger partial charge >= 0.3 is 5.97 Å². The van der Waals surface area contributed by atoms with Gasteiger partial charge in [0.05, 0.1) is 23.7 Å². The number of esters is 1. The molecule has 6 heteroatoms. The molecule has 0 unspecified atom stereocenters. The summed E-state index contributed by atoms with van der Waals surface area (Å²) in [5.41, 5.74) is -1.46. The van der Waals surface area contributed by atoms with E-state index in [1.54, 1.807) is 7.11 Å². The van der Waals surface area contributed by atoms with Gasteiger partial charge in [0.15, 0.2) is 0 Å². The summed E-state index contributed by atoms with van der Waals surface area (Å²) in [5, 5.41) is 23.9. The maximum Gasteiger partial charge on any atom is 0.312 e. The maximum absolute atomic E-state index is 13.1. The van der Waals surface area contributed by atoms with Crippen molar-refractivity contribution in [3.63, 3.8) is 0 Å². The Morgan fingerprint density at radius 3 is 2.82 bits per heavy atom. The van der Waals surface area contributed by atoms with E-state index in [1.165, 1.54) is 0 Å². The lowest BCUT2D eigenvalue weighted by Crippen LogP contribution is -2.76. The van der Waals surface area contributed by atoms with Crippen LogP contribution in [0.1, 0.15) is 46.0 Å². The van der Waals surface area contributed by atoms with Crippen molar-refractivity contribution >= 4 is 5.97 Å². The molecule has 4 saturated carbocycles. The number of piperidine rings is 1. The molecular weight excluding hydrogens is 358 g/mol. The average molecular weight is 392 g/mol. The molecule has 1 spiro atoms. The molecule has 3 aliphatic heterocycles. The highest BCUT2D eigenvalue weighted by atomic mass is 16.5. The number of carbonyl (C=O) groups excluding carboxylic acids is 1. The molecule has 7 aliphatic rings. The number of nitrogens with zero attached hydrogens (tertiary/aromatic N) is 1. The van der Waals surface area contributed by atoms with Gasteiger partial charge in [-0.1, -0.05) is 13.8 Å². The highest BCUT2D eigenvalue weighted by Crippen LogP contribution is 2.77. The van der Waals surface area contributed by atoms with E-state index in [9.17, 15) is 15.0 Å². The van der Waals surface area contributed by atoms with Gasteiger partial charge in [-0.3, -0.25) is 9.69 Å². The molecule has 7 rings (SSSR count). The fourth-order valence-electron chi connectivity index (χ4n) is 9.64. The van der Waals surface area contributed by atoms with Crippen LogP contribution in [-0.2, 0) is 14.3 Å². The van der Waals surface area contributed by atoms with E-state index in [-0.39, 0.29) is 52.8 Å². The van der Waals surface area contributed by atoms with Gasteiger partial charge in [0.2, 0.25) is 0 Å². The number of hydrogen-bond donors (Lipinski definition) is 2. The molecule has 6 nitrogen and oxygen atoms in total. The van der Waals surface area contributed by atoms with Crippen LogP contribution in [0, 0.1) is 34.5 Å². The largest absolute Gasteiger partial charge is 0.462 e. The minimum Gasteiger partial charge on any atom is -0.462 e. The third kappa shape index (κ3) is 1.68. The zero-order chi connectivity index (χ0) is 19.6. The van der Waals surface area contributed by atoms with Crippen molar-refractivity contribution in [3.8, 4) is 0 Å². The number of fused-ring (bicyclic) bond motifs is 2. The predicted molar refractivity (Wildman–Crippen MR) is 100 cm³/mol. The van der Waals surface area contributed by atoms with Crippen LogP contribution in [0.2, 0.25) is 0 Å². The molecule has 9 bridgehead atoms. The Bertz CT molecular complexity index is 730. The fraction of sp³-hybridized carbons (Fsp3) is 0.955. The molecule has 0 amide bonds. The van der Waals surface area contributed by atoms with Gasteiger partial charge < -0.3 is 19.7 Å². The molecule has 0 radical (unpaired) electrons. The minimum absolute atomic E-state index is 0.0123. The van der Waals surface area contributed by atoms with Crippen LogP contribution in [0.15, 0.2) is 0 Å². The topological polar surface area (TPSA) is 79.2 Å². The second-order valence-corrected chi connectivity index (χ2v) is 10.8. The summed E-state index contributed by atoms with van der Waals surface area (Å²) in [6.07, 6.45) is 3.38. The van der Waals surface area contributed by atoms with E-state index in [2.05, 4.69) is 18.7 Å². The molecular formula is C22H33NO5. The Morgan fingerprint density at radius 2 is 2.11 bits per heavy atom. The highest BCUT2D eigenvalue weighted by molar-refractivity contribution is 5.77. The minimum atomic E-state index is -1.17. The molecule has 3 saturated heterocycles. The van der Waals surface area contributed by atoms with Crippen LogP contribution in [0.25, 0.3) is 0 Å². The van der Waals surface area contributed by atoms with E-state index < -0.39 is 17.6 Å². The third-order valence-electron chi connectivity index (χ3n) is 10.1. The summed E-state index contributed by atoms with van der Waals surface area (Å²) >= 11 is 0. The van der Waals surface area contributed by atoms with Crippen molar-refractivity contribution in [2.75, 3.05) is 20.2 Å². The molecule has 7 fully saturated rings. The van der Waals surface area contributed by atoms with Gasteiger partial charge in [-0.25, -0.2) is 0 Å². The molecule has 156 valence electrons. The Balaban J connectivity index is 1.66. The first-order valence-corrected chi connectivity index (χ1v) is 11.2. The zero-order valence-corrected chi connectivity index (χ0v) is 17.1. The molecule has 0 aromatic carbocycles. The highest BCUT2D eigenvalue weighted by Gasteiger charge is 2.84. The Labute approximate surface area is 166 Å². The SMILES string of the molecule is CCN1C[C@]2(C)CC[C@H](OC)[C@@]34[C@@H]5C[C@H]6CC[C@](O)([C@@H]([C@@H](O)[C@H]23)[C@@H]14)[C@H]5C(=O)O6. The van der Waals surface area contributed by atoms with Gasteiger partial charge in [0, 0.05) is 36.9 Å². The van der Waals surface area contributed by atoms with Crippen LogP contribution < -0.4 is 0 Å². The van der Waals surface area contributed by atoms with Crippen molar-refractivity contribution in [2.24, 2.45) is 34.5 Å². The van der Waals surface area contributed by atoms with Crippen molar-refractivity contribution < 1.29 is 24.5 Å². The van der Waals surface area contributed by atoms with Gasteiger partial charge in [0.1, 0.15) is 6.10 Å². The normalized spacial score (nSPS) is 61.8. The smallest absolute Gasteiger partial charge is 0.312 e. The number of aliphatic hydroxyl groups is 2. The van der Waals surface area contributed by atoms with Gasteiger partial charge in [-0.15, -0.1) is 0 Å². The molecule has 0 aromatic heterocycles. The lowest BCUT2D eigenvalue weighted by atomic mass is 9.42. The van der Waals surface area contributed by atoms with Gasteiger partial charge in [0.25, 0.3) is 0 Å². The van der Waals surface area contributed by atoms with Crippen molar-refractivity contribution in [1.29, 1.82) is 0 Å². The first kappa shape index (κ1) is 18.1. The van der Waals surface area contributed by atoms with Gasteiger partial charge in [-0.05, 0) is 50.0 Å². The first-order valence-electron chi connectivity index (χ1n) is 11.2. The molecule has 2 N–H and O–H groups in total. The van der Waals surface area contributed by atoms with Crippen LogP contribution in [0.4, 0.5) is 0 Å². The lowest BCUT2D eigenvalue weighted by molar-refractivity contribution is -0.269. The van der Waals surface area contributed by atoms with Crippen molar-refractivity contribution in [1.82, 2.24) is 4.90 Å². The molecule has 3 heterocycles. The van der Waals surface area contributed by atoms with Crippen LogP contribution in [-0.4, -0.2) is 71.2 Å². The number of ether oxygens (including phenoxy) is 2. The number of methoxy groups -OCH3 is 1. The zero-order valence-electron chi connectivity index (χ0n) is 17.1. The summed E-state index contributed by atoms with van der Waals surface area (Å²) in [6.45, 7) is 6.38. The molecule has 4 aliphatic carbocycles. The summed E-state index contributed by atoms with van der Waals surface area (Å²) in [6, 6.07) is 0.0757. The Kier molecular flexibility index (Phi) is 3.44. The summed E-state index contributed by atoms with van der Waals surface area (Å²) in [5.74, 6) is -0.969. The Hall–Kier alpha value is -0.690. The van der Waals surface area contributed by atoms with Crippen molar-refractivity contribution in [3.05, 3.63) is 0 Å². The number of likely N-dealkylation sites (tertiary alicyclic amines) is 1. The molecule has 0 aromatic rings. The number of hydrogen-bond acceptors (Lipinski definition) is 6. The second kappa shape index (κ2) is 5.32. The standard InChI is InChI=1S/C22H33NO5/c1-4-23-10-20(2)7-6-13(27-3)22-12-9-11-5-8-21(26,14(12)19(25)28-11)15(18(22)23)16(24)17(20)22/h11-18,24,26H,4-10H2,1-3H3/t11-,12-,13+,14-,15+,16-,17-,18-,20+,21-,22+/m1/s1. The molecule has 28 heavy (non-hydrogen) atoms. The Morgan fingerprint density at radius 1 is 1.32 bits per heavy atom.